The van der Waals surface area contributed by atoms with Crippen LogP contribution >= 0.6 is 0 Å². The number of anilines is 1. The summed E-state index contributed by atoms with van der Waals surface area (Å²) in [5, 5.41) is 6.06. The number of fused-ring (bicyclic) bond motifs is 1. The zero-order chi connectivity index (χ0) is 28.5. The van der Waals surface area contributed by atoms with E-state index in [0.29, 0.717) is 37.7 Å². The molecule has 3 atom stereocenters. The maximum Gasteiger partial charge on any atom is 0.319 e. The van der Waals surface area contributed by atoms with Gasteiger partial charge in [-0.1, -0.05) is 26.2 Å². The van der Waals surface area contributed by atoms with Gasteiger partial charge in [0.05, 0.1) is 24.8 Å². The maximum atomic E-state index is 13.6. The van der Waals surface area contributed by atoms with E-state index < -0.39 is 0 Å². The van der Waals surface area contributed by atoms with E-state index >= 15 is 0 Å². The fourth-order valence-corrected chi connectivity index (χ4v) is 5.62. The number of hydrogen-bond acceptors (Lipinski definition) is 7. The van der Waals surface area contributed by atoms with E-state index in [0.717, 1.165) is 36.9 Å². The summed E-state index contributed by atoms with van der Waals surface area (Å²) in [5.74, 6) is 0.737. The molecule has 0 spiro atoms. The number of likely N-dealkylation sites (N-methyl/N-ethyl adjacent to an activating group) is 1. The van der Waals surface area contributed by atoms with Gasteiger partial charge in [0.2, 0.25) is 5.91 Å². The number of aromatic nitrogens is 2. The van der Waals surface area contributed by atoms with Gasteiger partial charge in [0.15, 0.2) is 0 Å². The third kappa shape index (κ3) is 8.38. The highest BCUT2D eigenvalue weighted by Gasteiger charge is 2.31. The van der Waals surface area contributed by atoms with Gasteiger partial charge >= 0.3 is 6.03 Å². The fourth-order valence-electron chi connectivity index (χ4n) is 5.62. The lowest BCUT2D eigenvalue weighted by atomic mass is 9.96. The minimum atomic E-state index is -0.213. The number of amides is 3. The van der Waals surface area contributed by atoms with Crippen LogP contribution in [0.15, 0.2) is 36.8 Å². The molecule has 3 unspecified atom stereocenters. The van der Waals surface area contributed by atoms with Crippen molar-refractivity contribution >= 4 is 17.6 Å². The van der Waals surface area contributed by atoms with Gasteiger partial charge in [-0.15, -0.1) is 0 Å². The van der Waals surface area contributed by atoms with E-state index in [2.05, 4.69) is 32.4 Å². The Morgan fingerprint density at radius 1 is 1.25 bits per heavy atom. The van der Waals surface area contributed by atoms with Crippen LogP contribution in [0.1, 0.15) is 57.2 Å². The van der Waals surface area contributed by atoms with E-state index in [1.807, 2.05) is 43.1 Å². The average Bonchev–Trinajstić information content (AvgIpc) is 2.97. The number of carbonyl (C=O) groups is 2. The minimum absolute atomic E-state index is 0.0139. The Kier molecular flexibility index (Phi) is 10.7. The van der Waals surface area contributed by atoms with Crippen LogP contribution in [0.3, 0.4) is 0 Å². The highest BCUT2D eigenvalue weighted by atomic mass is 16.5. The summed E-state index contributed by atoms with van der Waals surface area (Å²) in [6.07, 6.45) is 8.86. The van der Waals surface area contributed by atoms with Gasteiger partial charge in [-0.05, 0) is 51.1 Å². The molecule has 2 N–H and O–H groups in total. The van der Waals surface area contributed by atoms with Gasteiger partial charge in [0.1, 0.15) is 18.2 Å². The summed E-state index contributed by atoms with van der Waals surface area (Å²) in [6.45, 7) is 6.45. The van der Waals surface area contributed by atoms with E-state index in [1.54, 1.807) is 19.6 Å². The normalized spacial score (nSPS) is 21.0. The Morgan fingerprint density at radius 2 is 2.05 bits per heavy atom. The molecule has 1 aromatic heterocycles. The van der Waals surface area contributed by atoms with Gasteiger partial charge < -0.3 is 25.0 Å². The van der Waals surface area contributed by atoms with Crippen LogP contribution in [0.5, 0.6) is 5.75 Å². The predicted molar refractivity (Wildman–Crippen MR) is 154 cm³/mol. The van der Waals surface area contributed by atoms with Crippen molar-refractivity contribution in [1.29, 1.82) is 0 Å². The summed E-state index contributed by atoms with van der Waals surface area (Å²) in [4.78, 5) is 38.8. The molecule has 10 heteroatoms. The topological polar surface area (TPSA) is 109 Å². The van der Waals surface area contributed by atoms with Gasteiger partial charge in [-0.25, -0.2) is 14.8 Å². The molecule has 1 saturated carbocycles. The first-order valence-electron chi connectivity index (χ1n) is 14.4. The lowest BCUT2D eigenvalue weighted by Crippen LogP contribution is -2.47. The van der Waals surface area contributed by atoms with Crippen molar-refractivity contribution < 1.29 is 19.1 Å². The molecule has 10 nitrogen and oxygen atoms in total. The molecule has 2 heterocycles. The number of benzene rings is 1. The van der Waals surface area contributed by atoms with Crippen molar-refractivity contribution in [2.45, 2.75) is 77.1 Å². The van der Waals surface area contributed by atoms with Crippen LogP contribution in [0.25, 0.3) is 0 Å². The van der Waals surface area contributed by atoms with Crippen LogP contribution in [-0.2, 0) is 22.5 Å². The molecule has 4 rings (SSSR count). The van der Waals surface area contributed by atoms with Gasteiger partial charge in [-0.3, -0.25) is 9.69 Å². The Morgan fingerprint density at radius 3 is 2.77 bits per heavy atom. The molecule has 1 aliphatic carbocycles. The monoisotopic (exact) mass is 552 g/mol. The maximum absolute atomic E-state index is 13.6. The Balaban J connectivity index is 1.54. The van der Waals surface area contributed by atoms with Crippen molar-refractivity contribution in [1.82, 2.24) is 25.1 Å². The van der Waals surface area contributed by atoms with Crippen molar-refractivity contribution in [3.63, 3.8) is 0 Å². The summed E-state index contributed by atoms with van der Waals surface area (Å²) >= 11 is 0. The first kappa shape index (κ1) is 29.7. The Bertz CT molecular complexity index is 1110. The number of rotatable bonds is 9. The zero-order valence-corrected chi connectivity index (χ0v) is 24.3. The largest absolute Gasteiger partial charge is 0.488 e. The molecular formula is C30H44N6O4. The summed E-state index contributed by atoms with van der Waals surface area (Å²) < 4.78 is 12.0. The molecule has 2 aliphatic rings. The quantitative estimate of drug-likeness (QED) is 0.486. The van der Waals surface area contributed by atoms with Gasteiger partial charge in [0, 0.05) is 56.2 Å². The minimum Gasteiger partial charge on any atom is -0.488 e. The Labute approximate surface area is 237 Å². The second kappa shape index (κ2) is 14.4. The predicted octanol–water partition coefficient (Wildman–Crippen LogP) is 3.87. The number of carbonyl (C=O) groups excluding carboxylic acids is 2. The molecule has 0 saturated heterocycles. The Hall–Kier alpha value is -3.24. The molecule has 1 aliphatic heterocycles. The van der Waals surface area contributed by atoms with Crippen LogP contribution in [0.2, 0.25) is 0 Å². The number of nitrogens with zero attached hydrogens (tertiary/aromatic N) is 4. The number of ether oxygens (including phenoxy) is 2. The van der Waals surface area contributed by atoms with E-state index in [4.69, 9.17) is 9.47 Å². The highest BCUT2D eigenvalue weighted by Crippen LogP contribution is 2.29. The molecular weight excluding hydrogens is 508 g/mol. The molecule has 3 amide bonds. The fraction of sp³-hybridized carbons (Fsp3) is 0.600. The van der Waals surface area contributed by atoms with Crippen LogP contribution < -0.4 is 15.4 Å². The molecule has 40 heavy (non-hydrogen) atoms. The van der Waals surface area contributed by atoms with Crippen LogP contribution in [0.4, 0.5) is 10.5 Å². The second-order valence-electron chi connectivity index (χ2n) is 11.3. The molecule has 2 aromatic rings. The molecule has 0 bridgehead atoms. The van der Waals surface area contributed by atoms with Gasteiger partial charge in [0.25, 0.3) is 0 Å². The van der Waals surface area contributed by atoms with E-state index in [9.17, 15) is 9.59 Å². The van der Waals surface area contributed by atoms with Crippen LogP contribution in [-0.4, -0.2) is 83.7 Å². The number of urea groups is 1. The third-order valence-electron chi connectivity index (χ3n) is 7.83. The summed E-state index contributed by atoms with van der Waals surface area (Å²) in [7, 11) is 3.69. The van der Waals surface area contributed by atoms with E-state index in [1.165, 1.54) is 6.42 Å². The number of methoxy groups -OCH3 is 1. The number of hydrogen-bond donors (Lipinski definition) is 2. The van der Waals surface area contributed by atoms with E-state index in [-0.39, 0.29) is 42.5 Å². The smallest absolute Gasteiger partial charge is 0.319 e. The molecule has 218 valence electrons. The lowest BCUT2D eigenvalue weighted by Gasteiger charge is -2.34. The average molecular weight is 553 g/mol. The van der Waals surface area contributed by atoms with Crippen molar-refractivity contribution in [3.05, 3.63) is 48.0 Å². The molecule has 1 fully saturated rings. The first-order chi connectivity index (χ1) is 19.3. The summed E-state index contributed by atoms with van der Waals surface area (Å²) in [6, 6.07) is 7.41. The van der Waals surface area contributed by atoms with Gasteiger partial charge in [-0.2, -0.15) is 0 Å². The second-order valence-corrected chi connectivity index (χ2v) is 11.3. The van der Waals surface area contributed by atoms with Crippen molar-refractivity contribution in [2.75, 3.05) is 39.2 Å². The standard InChI is InChI=1S/C30H44N6O4/c1-21-16-36(22(2)19-39-4)29(37)15-23-14-25(34-30(38)33-24-8-6-5-7-9-24)10-11-27(23)40-28(21)18-35(3)17-26-12-13-31-20-32-26/h10-14,20-22,24,28H,5-9,15-19H2,1-4H3,(H2,33,34,38). The summed E-state index contributed by atoms with van der Waals surface area (Å²) in [5.41, 5.74) is 2.33. The van der Waals surface area contributed by atoms with Crippen molar-refractivity contribution in [2.24, 2.45) is 5.92 Å². The first-order valence-corrected chi connectivity index (χ1v) is 14.4. The van der Waals surface area contributed by atoms with Crippen LogP contribution in [0, 0.1) is 5.92 Å². The molecule has 0 radical (unpaired) electrons. The SMILES string of the molecule is COCC(C)N1CC(C)C(CN(C)Cc2ccncn2)Oc2ccc(NC(=O)NC3CCCCC3)cc2CC1=O. The highest BCUT2D eigenvalue weighted by molar-refractivity contribution is 5.90. The molecule has 1 aromatic carbocycles. The number of nitrogens with one attached hydrogen (secondary N) is 2. The zero-order valence-electron chi connectivity index (χ0n) is 24.3. The third-order valence-corrected chi connectivity index (χ3v) is 7.83. The van der Waals surface area contributed by atoms with Crippen molar-refractivity contribution in [3.8, 4) is 5.75 Å². The lowest BCUT2D eigenvalue weighted by molar-refractivity contribution is -0.134.